The molecule has 1 heterocycles. The average Bonchev–Trinajstić information content (AvgIpc) is 3.32. The minimum Gasteiger partial charge on any atom is -0.481 e. The van der Waals surface area contributed by atoms with Crippen molar-refractivity contribution in [1.82, 2.24) is 47.9 Å². The van der Waals surface area contributed by atoms with Crippen LogP contribution in [0.5, 0.6) is 0 Å². The molecule has 9 amide bonds. The van der Waals surface area contributed by atoms with E-state index in [1.807, 2.05) is 0 Å². The van der Waals surface area contributed by atoms with Gasteiger partial charge in [0.2, 0.25) is 53.2 Å². The zero-order chi connectivity index (χ0) is 56.5. The second kappa shape index (κ2) is 31.6. The molecule has 0 saturated carbocycles. The molecule has 1 saturated heterocycles. The Morgan fingerprint density at radius 1 is 0.507 bits per heavy atom. The van der Waals surface area contributed by atoms with Gasteiger partial charge in [-0.2, -0.15) is 0 Å². The van der Waals surface area contributed by atoms with Gasteiger partial charge in [-0.3, -0.25) is 62.5 Å². The molecule has 0 bridgehead atoms. The van der Waals surface area contributed by atoms with Gasteiger partial charge in [0.25, 0.3) is 0 Å². The lowest BCUT2D eigenvalue weighted by Gasteiger charge is -2.29. The van der Waals surface area contributed by atoms with E-state index in [0.29, 0.717) is 12.0 Å². The summed E-state index contributed by atoms with van der Waals surface area (Å²) in [5.41, 5.74) is 17.2. The van der Waals surface area contributed by atoms with E-state index in [0.717, 1.165) is 6.92 Å². The molecule has 0 spiro atoms. The molecule has 18 N–H and O–H groups in total. The van der Waals surface area contributed by atoms with Gasteiger partial charge >= 0.3 is 17.9 Å². The summed E-state index contributed by atoms with van der Waals surface area (Å²) in [5, 5.41) is 50.9. The van der Waals surface area contributed by atoms with Crippen LogP contribution < -0.4 is 65.1 Å². The molecule has 28 nitrogen and oxygen atoms in total. The lowest BCUT2D eigenvalue weighted by Crippen LogP contribution is -2.61. The number of carbonyl (C=O) groups excluding carboxylic acids is 9. The number of guanidine groups is 1. The smallest absolute Gasteiger partial charge is 0.305 e. The summed E-state index contributed by atoms with van der Waals surface area (Å²) in [6, 6.07) is -6.29. The molecular formula is C47H73N13O15. The molecule has 1 fully saturated rings. The number of nitrogens with one attached hydrogen (secondary N) is 9. The summed E-state index contributed by atoms with van der Waals surface area (Å²) >= 11 is 0. The number of carbonyl (C=O) groups is 12. The highest BCUT2D eigenvalue weighted by Crippen LogP contribution is 2.13. The fourth-order valence-corrected chi connectivity index (χ4v) is 7.49. The molecule has 416 valence electrons. The number of unbranched alkanes of at least 4 members (excludes halogenated alkanes) is 1. The number of nitrogens with two attached hydrogens (primary N) is 3. The van der Waals surface area contributed by atoms with Crippen molar-refractivity contribution in [2.45, 2.75) is 153 Å². The highest BCUT2D eigenvalue weighted by molar-refractivity contribution is 6.00. The molecule has 28 heteroatoms. The number of hydrogen-bond donors (Lipinski definition) is 15. The van der Waals surface area contributed by atoms with Crippen molar-refractivity contribution < 1.29 is 72.9 Å². The third-order valence-electron chi connectivity index (χ3n) is 11.6. The maximum absolute atomic E-state index is 14.4. The van der Waals surface area contributed by atoms with Crippen LogP contribution in [0.3, 0.4) is 0 Å². The largest absolute Gasteiger partial charge is 0.481 e. The molecule has 75 heavy (non-hydrogen) atoms. The second-order valence-corrected chi connectivity index (χ2v) is 18.6. The molecule has 2 rings (SSSR count). The van der Waals surface area contributed by atoms with Gasteiger partial charge in [0.05, 0.1) is 12.8 Å². The minimum absolute atomic E-state index is 0.0213. The Balaban J connectivity index is 2.86. The van der Waals surface area contributed by atoms with E-state index < -0.39 is 163 Å². The maximum atomic E-state index is 14.4. The number of amides is 9. The molecule has 1 aromatic carbocycles. The summed E-state index contributed by atoms with van der Waals surface area (Å²) in [7, 11) is 0. The molecule has 0 aliphatic carbocycles. The number of hydrogen-bond acceptors (Lipinski definition) is 14. The molecular weight excluding hydrogens is 987 g/mol. The second-order valence-electron chi connectivity index (χ2n) is 18.6. The fourth-order valence-electron chi connectivity index (χ4n) is 7.49. The van der Waals surface area contributed by atoms with Gasteiger partial charge in [-0.1, -0.05) is 58.0 Å². The Morgan fingerprint density at radius 2 is 0.907 bits per heavy atom. The standard InChI is InChI=1S/C47H73N13O15/c1-23(2)36-46(75)58-31(21-34(63)64)42(71)52-25(5)38(67)53-29(16-17-33(61)62)40(69)54-27(14-9-10-18-48)39(68)56-32(22-35(65)66)44(73)60-37(24(3)4)45(74)57-30(20-26-12-7-6-8-13-26)43(72)55-28(41(70)59-36)15-11-19-51-47(49)50/h6-8,12-13,23-25,27-32,36-37H,9-11,14-22,48H2,1-5H3,(H,52,71)(H,53,67)(H,54,69)(H,55,72)(H,56,68)(H,57,74)(H,58,75)(H,59,70)(H,60,73)(H,61,62)(H,63,64)(H,65,66)(H4,49,50,51)/t25-,27-,28-,29-,30-,31-,32-,36-,37-/m0/s1. The first kappa shape index (κ1) is 63.2. The molecule has 0 radical (unpaired) electrons. The Labute approximate surface area is 433 Å². The van der Waals surface area contributed by atoms with Gasteiger partial charge in [-0.25, -0.2) is 0 Å². The van der Waals surface area contributed by atoms with E-state index in [4.69, 9.17) is 17.2 Å². The van der Waals surface area contributed by atoms with Crippen LogP contribution in [0.2, 0.25) is 0 Å². The van der Waals surface area contributed by atoms with E-state index in [2.05, 4.69) is 52.8 Å². The maximum Gasteiger partial charge on any atom is 0.305 e. The molecule has 1 aliphatic heterocycles. The first-order chi connectivity index (χ1) is 35.2. The lowest BCUT2D eigenvalue weighted by molar-refractivity contribution is -0.142. The summed E-state index contributed by atoms with van der Waals surface area (Å²) in [6.07, 6.45) is -3.29. The number of aliphatic imine (C=N–C) groups is 1. The number of carboxylic acid groups (broad SMARTS) is 3. The Hall–Kier alpha value is -7.91. The predicted octanol–water partition coefficient (Wildman–Crippen LogP) is -4.07. The predicted molar refractivity (Wildman–Crippen MR) is 267 cm³/mol. The highest BCUT2D eigenvalue weighted by Gasteiger charge is 2.38. The third kappa shape index (κ3) is 22.8. The Kier molecular flexibility index (Phi) is 26.7. The summed E-state index contributed by atoms with van der Waals surface area (Å²) in [5.74, 6) is -15.9. The van der Waals surface area contributed by atoms with Crippen molar-refractivity contribution in [2.75, 3.05) is 13.1 Å². The topological polar surface area (TPSA) is 464 Å². The van der Waals surface area contributed by atoms with Crippen LogP contribution in [-0.2, 0) is 64.0 Å². The lowest BCUT2D eigenvalue weighted by atomic mass is 9.99. The van der Waals surface area contributed by atoms with Crippen LogP contribution in [-0.4, -0.2) is 160 Å². The Bertz CT molecular complexity index is 2230. The number of nitrogens with zero attached hydrogens (tertiary/aromatic N) is 1. The van der Waals surface area contributed by atoms with E-state index in [1.54, 1.807) is 30.3 Å². The zero-order valence-corrected chi connectivity index (χ0v) is 42.6. The van der Waals surface area contributed by atoms with Crippen molar-refractivity contribution in [3.05, 3.63) is 35.9 Å². The molecule has 9 atom stereocenters. The monoisotopic (exact) mass is 1060 g/mol. The first-order valence-corrected chi connectivity index (χ1v) is 24.4. The summed E-state index contributed by atoms with van der Waals surface area (Å²) in [6.45, 7) is 7.34. The van der Waals surface area contributed by atoms with Gasteiger partial charge in [-0.15, -0.1) is 0 Å². The van der Waals surface area contributed by atoms with Crippen molar-refractivity contribution in [3.8, 4) is 0 Å². The molecule has 0 aromatic heterocycles. The quantitative estimate of drug-likeness (QED) is 0.0356. The van der Waals surface area contributed by atoms with Gasteiger partial charge in [0, 0.05) is 19.4 Å². The Morgan fingerprint density at radius 3 is 1.37 bits per heavy atom. The van der Waals surface area contributed by atoms with Gasteiger partial charge in [0.15, 0.2) is 5.96 Å². The fraction of sp³-hybridized carbons (Fsp3) is 0.596. The van der Waals surface area contributed by atoms with E-state index in [9.17, 15) is 72.9 Å². The number of benzene rings is 1. The third-order valence-corrected chi connectivity index (χ3v) is 11.6. The van der Waals surface area contributed by atoms with Crippen molar-refractivity contribution in [2.24, 2.45) is 34.0 Å². The van der Waals surface area contributed by atoms with Crippen LogP contribution >= 0.6 is 0 Å². The van der Waals surface area contributed by atoms with Crippen molar-refractivity contribution in [3.63, 3.8) is 0 Å². The summed E-state index contributed by atoms with van der Waals surface area (Å²) in [4.78, 5) is 166. The van der Waals surface area contributed by atoms with Gasteiger partial charge in [-0.05, 0) is 69.4 Å². The van der Waals surface area contributed by atoms with Crippen LogP contribution in [0.1, 0.15) is 98.0 Å². The number of aliphatic carboxylic acids is 3. The van der Waals surface area contributed by atoms with Gasteiger partial charge in [0.1, 0.15) is 54.4 Å². The van der Waals surface area contributed by atoms with E-state index >= 15 is 0 Å². The van der Waals surface area contributed by atoms with Crippen molar-refractivity contribution >= 4 is 77.0 Å². The zero-order valence-electron chi connectivity index (χ0n) is 42.6. The highest BCUT2D eigenvalue weighted by atomic mass is 16.4. The average molecular weight is 1060 g/mol. The normalized spacial score (nSPS) is 24.4. The minimum atomic E-state index is -1.89. The van der Waals surface area contributed by atoms with Crippen LogP contribution in [0, 0.1) is 11.8 Å². The van der Waals surface area contributed by atoms with Crippen LogP contribution in [0.4, 0.5) is 0 Å². The molecule has 0 unspecified atom stereocenters. The molecule has 1 aromatic rings. The van der Waals surface area contributed by atoms with Crippen LogP contribution in [0.15, 0.2) is 35.3 Å². The molecule has 1 aliphatic rings. The van der Waals surface area contributed by atoms with Crippen LogP contribution in [0.25, 0.3) is 0 Å². The van der Waals surface area contributed by atoms with E-state index in [-0.39, 0.29) is 51.2 Å². The first-order valence-electron chi connectivity index (χ1n) is 24.4. The number of carboxylic acids is 3. The number of rotatable bonds is 19. The van der Waals surface area contributed by atoms with Gasteiger partial charge < -0.3 is 80.4 Å². The summed E-state index contributed by atoms with van der Waals surface area (Å²) < 4.78 is 0. The SMILES string of the molecule is CC(C)[C@@H]1NC(=O)[C@H](CCCN=C(N)N)NC(=O)[C@H](Cc2ccccc2)NC(=O)[C@H](C(C)C)NC(=O)[C@H](CC(=O)O)NC(=O)[C@H](CCCCN)NC(=O)[C@H](CCC(=O)O)NC(=O)[C@H](C)NC(=O)[C@H](CC(=O)O)NC1=O. The van der Waals surface area contributed by atoms with E-state index in [1.165, 1.54) is 27.7 Å². The van der Waals surface area contributed by atoms with Crippen molar-refractivity contribution in [1.29, 1.82) is 0 Å².